The Balaban J connectivity index is 1.79. The first-order valence-electron chi connectivity index (χ1n) is 8.53. The Hall–Kier alpha value is -3.22. The number of carbonyl (C=O) groups excluding carboxylic acids is 1. The molecule has 138 valence electrons. The van der Waals surface area contributed by atoms with Crippen LogP contribution in [0.3, 0.4) is 0 Å². The normalized spacial score (nSPS) is 11.7. The fourth-order valence-corrected chi connectivity index (χ4v) is 2.72. The third kappa shape index (κ3) is 5.13. The van der Waals surface area contributed by atoms with E-state index >= 15 is 0 Å². The zero-order valence-electron chi connectivity index (χ0n) is 14.7. The minimum Gasteiger partial charge on any atom is -0.364 e. The number of primary amides is 1. The standard InChI is InChI=1S/C21H21N3O3/c22-21(25)24(26)14-16-8-10-19(11-9-16)20(18-6-2-1-3-7-18)27-15-17-5-4-12-23-13-17/h1-13,20,26H,14-15H2,(H2,22,25). The maximum Gasteiger partial charge on any atom is 0.338 e. The molecule has 0 radical (unpaired) electrons. The van der Waals surface area contributed by atoms with E-state index in [1.165, 1.54) is 0 Å². The minimum atomic E-state index is -0.888. The van der Waals surface area contributed by atoms with E-state index in [2.05, 4.69) is 4.98 Å². The number of hydrogen-bond acceptors (Lipinski definition) is 4. The lowest BCUT2D eigenvalue weighted by Crippen LogP contribution is -2.31. The van der Waals surface area contributed by atoms with Crippen molar-refractivity contribution in [3.63, 3.8) is 0 Å². The van der Waals surface area contributed by atoms with Crippen LogP contribution in [-0.4, -0.2) is 21.3 Å². The van der Waals surface area contributed by atoms with Gasteiger partial charge in [0.25, 0.3) is 0 Å². The van der Waals surface area contributed by atoms with E-state index in [9.17, 15) is 10.0 Å². The number of urea groups is 1. The van der Waals surface area contributed by atoms with Crippen LogP contribution in [-0.2, 0) is 17.9 Å². The molecule has 2 aromatic carbocycles. The van der Waals surface area contributed by atoms with Gasteiger partial charge in [-0.2, -0.15) is 0 Å². The lowest BCUT2D eigenvalue weighted by Gasteiger charge is -2.20. The number of benzene rings is 2. The van der Waals surface area contributed by atoms with Crippen molar-refractivity contribution >= 4 is 6.03 Å². The number of hydrogen-bond donors (Lipinski definition) is 2. The van der Waals surface area contributed by atoms with Crippen molar-refractivity contribution in [2.24, 2.45) is 5.73 Å². The molecule has 3 rings (SSSR count). The molecule has 27 heavy (non-hydrogen) atoms. The monoisotopic (exact) mass is 363 g/mol. The molecule has 0 aliphatic carbocycles. The predicted molar refractivity (Wildman–Crippen MR) is 101 cm³/mol. The Morgan fingerprint density at radius 3 is 2.33 bits per heavy atom. The average molecular weight is 363 g/mol. The Labute approximate surface area is 157 Å². The first-order valence-corrected chi connectivity index (χ1v) is 8.53. The largest absolute Gasteiger partial charge is 0.364 e. The average Bonchev–Trinajstić information content (AvgIpc) is 2.71. The van der Waals surface area contributed by atoms with Gasteiger partial charge in [-0.3, -0.25) is 10.2 Å². The molecule has 3 N–H and O–H groups in total. The highest BCUT2D eigenvalue weighted by Crippen LogP contribution is 2.27. The molecular formula is C21H21N3O3. The summed E-state index contributed by atoms with van der Waals surface area (Å²) in [4.78, 5) is 15.1. The minimum absolute atomic E-state index is 0.0299. The van der Waals surface area contributed by atoms with Gasteiger partial charge in [0, 0.05) is 12.4 Å². The summed E-state index contributed by atoms with van der Waals surface area (Å²) in [7, 11) is 0. The number of rotatable bonds is 7. The van der Waals surface area contributed by atoms with Crippen LogP contribution in [0.15, 0.2) is 79.1 Å². The van der Waals surface area contributed by atoms with Gasteiger partial charge in [0.15, 0.2) is 0 Å². The van der Waals surface area contributed by atoms with Gasteiger partial charge in [-0.1, -0.05) is 60.7 Å². The second-order valence-corrected chi connectivity index (χ2v) is 6.10. The van der Waals surface area contributed by atoms with Crippen molar-refractivity contribution in [1.82, 2.24) is 10.0 Å². The molecule has 0 bridgehead atoms. The fraction of sp³-hybridized carbons (Fsp3) is 0.143. The molecule has 0 fully saturated rings. The van der Waals surface area contributed by atoms with Crippen molar-refractivity contribution in [2.45, 2.75) is 19.3 Å². The Morgan fingerprint density at radius 1 is 1.00 bits per heavy atom. The van der Waals surface area contributed by atoms with Crippen molar-refractivity contribution < 1.29 is 14.7 Å². The quantitative estimate of drug-likeness (QED) is 0.495. The second-order valence-electron chi connectivity index (χ2n) is 6.10. The third-order valence-electron chi connectivity index (χ3n) is 4.11. The summed E-state index contributed by atoms with van der Waals surface area (Å²) in [5.74, 6) is 0. The summed E-state index contributed by atoms with van der Waals surface area (Å²) in [6.45, 7) is 0.462. The van der Waals surface area contributed by atoms with Crippen LogP contribution in [0.2, 0.25) is 0 Å². The summed E-state index contributed by atoms with van der Waals surface area (Å²) < 4.78 is 6.19. The number of carbonyl (C=O) groups is 1. The summed E-state index contributed by atoms with van der Waals surface area (Å²) >= 11 is 0. The lowest BCUT2D eigenvalue weighted by atomic mass is 10.00. The van der Waals surface area contributed by atoms with Crippen LogP contribution in [0.4, 0.5) is 4.79 Å². The molecule has 6 nitrogen and oxygen atoms in total. The maximum absolute atomic E-state index is 11.0. The van der Waals surface area contributed by atoms with Gasteiger partial charge in [0.05, 0.1) is 13.2 Å². The van der Waals surface area contributed by atoms with Gasteiger partial charge in [-0.05, 0) is 28.3 Å². The first-order chi connectivity index (χ1) is 13.1. The van der Waals surface area contributed by atoms with E-state index in [-0.39, 0.29) is 12.6 Å². The Morgan fingerprint density at radius 2 is 1.70 bits per heavy atom. The predicted octanol–water partition coefficient (Wildman–Crippen LogP) is 3.66. The smallest absolute Gasteiger partial charge is 0.338 e. The van der Waals surface area contributed by atoms with Gasteiger partial charge >= 0.3 is 6.03 Å². The summed E-state index contributed by atoms with van der Waals surface area (Å²) in [5.41, 5.74) is 8.81. The van der Waals surface area contributed by atoms with E-state index in [0.29, 0.717) is 11.7 Å². The van der Waals surface area contributed by atoms with Gasteiger partial charge in [-0.15, -0.1) is 0 Å². The van der Waals surface area contributed by atoms with Gasteiger partial charge in [-0.25, -0.2) is 9.86 Å². The molecule has 1 unspecified atom stereocenters. The van der Waals surface area contributed by atoms with Gasteiger partial charge in [0.1, 0.15) is 6.10 Å². The molecule has 0 aliphatic heterocycles. The van der Waals surface area contributed by atoms with Crippen molar-refractivity contribution in [1.29, 1.82) is 0 Å². The van der Waals surface area contributed by atoms with Crippen LogP contribution >= 0.6 is 0 Å². The second kappa shape index (κ2) is 8.93. The fourth-order valence-electron chi connectivity index (χ4n) is 2.72. The zero-order valence-corrected chi connectivity index (χ0v) is 14.7. The Bertz CT molecular complexity index is 855. The molecule has 0 saturated carbocycles. The molecule has 2 amide bonds. The molecule has 3 aromatic rings. The number of amides is 2. The van der Waals surface area contributed by atoms with E-state index in [1.54, 1.807) is 12.4 Å². The summed E-state index contributed by atoms with van der Waals surface area (Å²) in [5, 5.41) is 9.95. The number of nitrogens with zero attached hydrogens (tertiary/aromatic N) is 2. The number of aromatic nitrogens is 1. The Kier molecular flexibility index (Phi) is 6.14. The van der Waals surface area contributed by atoms with E-state index in [1.807, 2.05) is 66.7 Å². The lowest BCUT2D eigenvalue weighted by molar-refractivity contribution is -0.0470. The number of hydroxylamine groups is 2. The first kappa shape index (κ1) is 18.6. The van der Waals surface area contributed by atoms with E-state index < -0.39 is 6.03 Å². The van der Waals surface area contributed by atoms with Gasteiger partial charge < -0.3 is 10.5 Å². The summed E-state index contributed by atoms with van der Waals surface area (Å²) in [6, 6.07) is 20.4. The van der Waals surface area contributed by atoms with Crippen LogP contribution in [0.5, 0.6) is 0 Å². The molecule has 0 aliphatic rings. The highest BCUT2D eigenvalue weighted by atomic mass is 16.5. The van der Waals surface area contributed by atoms with E-state index in [4.69, 9.17) is 10.5 Å². The molecule has 1 atom stereocenters. The van der Waals surface area contributed by atoms with Crippen molar-refractivity contribution in [3.8, 4) is 0 Å². The molecule has 1 heterocycles. The highest BCUT2D eigenvalue weighted by molar-refractivity contribution is 5.70. The summed E-state index contributed by atoms with van der Waals surface area (Å²) in [6.07, 6.45) is 3.26. The highest BCUT2D eigenvalue weighted by Gasteiger charge is 2.15. The van der Waals surface area contributed by atoms with Crippen LogP contribution in [0.25, 0.3) is 0 Å². The third-order valence-corrected chi connectivity index (χ3v) is 4.11. The van der Waals surface area contributed by atoms with Crippen molar-refractivity contribution in [3.05, 3.63) is 101 Å². The molecule has 0 spiro atoms. The molecule has 1 aromatic heterocycles. The van der Waals surface area contributed by atoms with Crippen molar-refractivity contribution in [2.75, 3.05) is 0 Å². The number of pyridine rings is 1. The number of ether oxygens (including phenoxy) is 1. The zero-order chi connectivity index (χ0) is 19.1. The van der Waals surface area contributed by atoms with E-state index in [0.717, 1.165) is 22.3 Å². The van der Waals surface area contributed by atoms with Crippen LogP contribution in [0.1, 0.15) is 28.4 Å². The van der Waals surface area contributed by atoms with Gasteiger partial charge in [0.2, 0.25) is 0 Å². The molecule has 0 saturated heterocycles. The van der Waals surface area contributed by atoms with Crippen LogP contribution < -0.4 is 5.73 Å². The topological polar surface area (TPSA) is 88.7 Å². The number of nitrogens with two attached hydrogens (primary N) is 1. The molecular weight excluding hydrogens is 342 g/mol. The molecule has 6 heteroatoms. The maximum atomic E-state index is 11.0. The van der Waals surface area contributed by atoms with Crippen LogP contribution in [0, 0.1) is 0 Å². The SMILES string of the molecule is NC(=O)N(O)Cc1ccc(C(OCc2cccnc2)c2ccccc2)cc1.